The van der Waals surface area contributed by atoms with Gasteiger partial charge in [0.15, 0.2) is 0 Å². The fourth-order valence-electron chi connectivity index (χ4n) is 1.59. The molecule has 0 aliphatic heterocycles. The van der Waals surface area contributed by atoms with Crippen molar-refractivity contribution >= 4 is 37.6 Å². The van der Waals surface area contributed by atoms with Gasteiger partial charge in [-0.15, -0.1) is 0 Å². The molecule has 0 aliphatic carbocycles. The molecule has 2 N–H and O–H groups in total. The van der Waals surface area contributed by atoms with Crippen molar-refractivity contribution in [2.75, 3.05) is 4.72 Å². The van der Waals surface area contributed by atoms with E-state index in [2.05, 4.69) is 20.7 Å². The average molecular weight is 356 g/mol. The summed E-state index contributed by atoms with van der Waals surface area (Å²) in [6, 6.07) is 12.0. The van der Waals surface area contributed by atoms with Crippen molar-refractivity contribution in [2.45, 2.75) is 4.90 Å². The molecule has 104 valence electrons. The summed E-state index contributed by atoms with van der Waals surface area (Å²) in [6.07, 6.45) is 0. The molecule has 2 rings (SSSR count). The second-order valence-electron chi connectivity index (χ2n) is 3.92. The Morgan fingerprint density at radius 3 is 2.45 bits per heavy atom. The zero-order valence-electron chi connectivity index (χ0n) is 10.1. The molecule has 0 bridgehead atoms. The van der Waals surface area contributed by atoms with Gasteiger partial charge >= 0.3 is 5.97 Å². The molecule has 0 heterocycles. The lowest BCUT2D eigenvalue weighted by Crippen LogP contribution is -2.13. The second kappa shape index (κ2) is 5.64. The van der Waals surface area contributed by atoms with Crippen LogP contribution < -0.4 is 4.72 Å². The molecule has 0 amide bonds. The highest BCUT2D eigenvalue weighted by Gasteiger charge is 2.17. The van der Waals surface area contributed by atoms with Crippen molar-refractivity contribution < 1.29 is 18.3 Å². The summed E-state index contributed by atoms with van der Waals surface area (Å²) in [6.45, 7) is 0. The van der Waals surface area contributed by atoms with E-state index in [1.165, 1.54) is 30.3 Å². The van der Waals surface area contributed by atoms with Gasteiger partial charge in [-0.1, -0.05) is 18.2 Å². The van der Waals surface area contributed by atoms with Gasteiger partial charge in [0.05, 0.1) is 5.56 Å². The van der Waals surface area contributed by atoms with Crippen LogP contribution in [0.4, 0.5) is 5.69 Å². The Morgan fingerprint density at radius 1 is 1.10 bits per heavy atom. The smallest absolute Gasteiger partial charge is 0.335 e. The molecule has 0 unspecified atom stereocenters. The van der Waals surface area contributed by atoms with E-state index in [0.29, 0.717) is 4.47 Å². The monoisotopic (exact) mass is 355 g/mol. The summed E-state index contributed by atoms with van der Waals surface area (Å²) >= 11 is 3.17. The van der Waals surface area contributed by atoms with Crippen molar-refractivity contribution in [3.05, 3.63) is 58.6 Å². The normalized spacial score (nSPS) is 11.1. The first-order chi connectivity index (χ1) is 9.40. The van der Waals surface area contributed by atoms with Crippen LogP contribution in [0.2, 0.25) is 0 Å². The minimum atomic E-state index is -3.78. The summed E-state index contributed by atoms with van der Waals surface area (Å²) < 4.78 is 27.2. The summed E-state index contributed by atoms with van der Waals surface area (Å²) in [5.74, 6) is -1.12. The third-order valence-corrected chi connectivity index (χ3v) is 4.88. The van der Waals surface area contributed by atoms with Crippen LogP contribution in [0, 0.1) is 0 Å². The van der Waals surface area contributed by atoms with E-state index in [-0.39, 0.29) is 16.1 Å². The molecule has 0 spiro atoms. The number of rotatable bonds is 4. The van der Waals surface area contributed by atoms with Gasteiger partial charge in [0.25, 0.3) is 10.0 Å². The van der Waals surface area contributed by atoms with E-state index in [0.717, 1.165) is 0 Å². The highest BCUT2D eigenvalue weighted by molar-refractivity contribution is 9.10. The van der Waals surface area contributed by atoms with Gasteiger partial charge in [-0.25, -0.2) is 13.2 Å². The molecule has 7 heteroatoms. The minimum Gasteiger partial charge on any atom is -0.478 e. The molecular formula is C13H10BrNO4S. The number of hydrogen-bond donors (Lipinski definition) is 2. The topological polar surface area (TPSA) is 83.5 Å². The predicted octanol–water partition coefficient (Wildman–Crippen LogP) is 2.95. The molecule has 0 radical (unpaired) electrons. The van der Waals surface area contributed by atoms with Crippen LogP contribution in [0.5, 0.6) is 0 Å². The molecule has 0 aliphatic rings. The van der Waals surface area contributed by atoms with E-state index in [1.807, 2.05) is 0 Å². The Kier molecular flexibility index (Phi) is 4.10. The van der Waals surface area contributed by atoms with E-state index >= 15 is 0 Å². The summed E-state index contributed by atoms with van der Waals surface area (Å²) in [5, 5.41) is 8.88. The first-order valence-electron chi connectivity index (χ1n) is 5.51. The number of nitrogens with one attached hydrogen (secondary N) is 1. The average Bonchev–Trinajstić information content (AvgIpc) is 2.38. The quantitative estimate of drug-likeness (QED) is 0.882. The Balaban J connectivity index is 2.36. The maximum absolute atomic E-state index is 12.2. The van der Waals surface area contributed by atoms with Crippen molar-refractivity contribution in [3.63, 3.8) is 0 Å². The fraction of sp³-hybridized carbons (Fsp3) is 0. The van der Waals surface area contributed by atoms with Crippen molar-refractivity contribution in [2.24, 2.45) is 0 Å². The van der Waals surface area contributed by atoms with Crippen LogP contribution in [0.15, 0.2) is 57.9 Å². The van der Waals surface area contributed by atoms with Crippen LogP contribution in [-0.2, 0) is 10.0 Å². The largest absolute Gasteiger partial charge is 0.478 e. The van der Waals surface area contributed by atoms with Crippen molar-refractivity contribution in [1.29, 1.82) is 0 Å². The van der Waals surface area contributed by atoms with Gasteiger partial charge in [-0.3, -0.25) is 4.72 Å². The first kappa shape index (κ1) is 14.5. The molecule has 0 atom stereocenters. The second-order valence-corrected chi connectivity index (χ2v) is 6.43. The van der Waals surface area contributed by atoms with Crippen molar-refractivity contribution in [3.8, 4) is 0 Å². The Labute approximate surface area is 124 Å². The number of sulfonamides is 1. The summed E-state index contributed by atoms with van der Waals surface area (Å²) in [4.78, 5) is 10.9. The highest BCUT2D eigenvalue weighted by atomic mass is 79.9. The Bertz CT molecular complexity index is 758. The van der Waals surface area contributed by atoms with Gasteiger partial charge in [0.1, 0.15) is 4.90 Å². The Morgan fingerprint density at radius 2 is 1.80 bits per heavy atom. The van der Waals surface area contributed by atoms with Gasteiger partial charge in [-0.2, -0.15) is 0 Å². The molecule has 0 saturated heterocycles. The number of carbonyl (C=O) groups is 1. The molecule has 0 aromatic heterocycles. The van der Waals surface area contributed by atoms with E-state index in [1.54, 1.807) is 18.2 Å². The molecule has 0 saturated carbocycles. The predicted molar refractivity (Wildman–Crippen MR) is 78.4 cm³/mol. The number of benzene rings is 2. The molecular weight excluding hydrogens is 346 g/mol. The van der Waals surface area contributed by atoms with Gasteiger partial charge in [-0.05, 0) is 46.3 Å². The zero-order valence-corrected chi connectivity index (χ0v) is 12.5. The standard InChI is InChI=1S/C13H10BrNO4S/c14-11-6-1-2-7-12(11)20(18,19)15-10-5-3-4-9(8-10)13(16)17/h1-8,15H,(H,16,17). The lowest BCUT2D eigenvalue weighted by Gasteiger charge is -2.09. The van der Waals surface area contributed by atoms with Crippen LogP contribution >= 0.6 is 15.9 Å². The lowest BCUT2D eigenvalue weighted by molar-refractivity contribution is 0.0697. The number of anilines is 1. The third-order valence-electron chi connectivity index (χ3n) is 2.49. The first-order valence-corrected chi connectivity index (χ1v) is 7.78. The Hall–Kier alpha value is -1.86. The number of hydrogen-bond acceptors (Lipinski definition) is 3. The summed E-state index contributed by atoms with van der Waals surface area (Å²) in [5.41, 5.74) is 0.206. The molecule has 20 heavy (non-hydrogen) atoms. The highest BCUT2D eigenvalue weighted by Crippen LogP contribution is 2.24. The number of aromatic carboxylic acids is 1. The number of halogens is 1. The van der Waals surface area contributed by atoms with E-state index in [9.17, 15) is 13.2 Å². The third kappa shape index (κ3) is 3.17. The van der Waals surface area contributed by atoms with Crippen LogP contribution in [0.3, 0.4) is 0 Å². The maximum atomic E-state index is 12.2. The lowest BCUT2D eigenvalue weighted by atomic mass is 10.2. The SMILES string of the molecule is O=C(O)c1cccc(NS(=O)(=O)c2ccccc2Br)c1. The zero-order chi connectivity index (χ0) is 14.8. The number of carboxylic acid groups (broad SMARTS) is 1. The molecule has 2 aromatic carbocycles. The molecule has 2 aromatic rings. The van der Waals surface area contributed by atoms with Crippen LogP contribution in [-0.4, -0.2) is 19.5 Å². The minimum absolute atomic E-state index is 0.0114. The van der Waals surface area contributed by atoms with Crippen LogP contribution in [0.1, 0.15) is 10.4 Å². The van der Waals surface area contributed by atoms with E-state index < -0.39 is 16.0 Å². The van der Waals surface area contributed by atoms with Crippen molar-refractivity contribution in [1.82, 2.24) is 0 Å². The van der Waals surface area contributed by atoms with Gasteiger partial charge < -0.3 is 5.11 Å². The number of carboxylic acids is 1. The molecule has 5 nitrogen and oxygen atoms in total. The van der Waals surface area contributed by atoms with Crippen LogP contribution in [0.25, 0.3) is 0 Å². The maximum Gasteiger partial charge on any atom is 0.335 e. The van der Waals surface area contributed by atoms with E-state index in [4.69, 9.17) is 5.11 Å². The fourth-order valence-corrected chi connectivity index (χ4v) is 3.64. The summed E-state index contributed by atoms with van der Waals surface area (Å²) in [7, 11) is -3.78. The molecule has 0 fully saturated rings. The van der Waals surface area contributed by atoms with Gasteiger partial charge in [0.2, 0.25) is 0 Å². The van der Waals surface area contributed by atoms with Gasteiger partial charge in [0, 0.05) is 10.2 Å².